The van der Waals surface area contributed by atoms with Gasteiger partial charge in [-0.25, -0.2) is 4.98 Å². The van der Waals surface area contributed by atoms with Crippen molar-refractivity contribution in [2.24, 2.45) is 0 Å². The first-order chi connectivity index (χ1) is 21.3. The third kappa shape index (κ3) is 3.14. The van der Waals surface area contributed by atoms with Crippen LogP contribution in [0.4, 0.5) is 0 Å². The molecule has 10 rings (SSSR count). The Balaban J connectivity index is 1.35. The summed E-state index contributed by atoms with van der Waals surface area (Å²) in [4.78, 5) is 9.83. The second kappa shape index (κ2) is 8.51. The Morgan fingerprint density at radius 1 is 0.465 bits per heavy atom. The molecular formula is C38H22N4S. The van der Waals surface area contributed by atoms with E-state index in [0.717, 1.165) is 27.9 Å². The summed E-state index contributed by atoms with van der Waals surface area (Å²) in [6, 6.07) is 45.6. The summed E-state index contributed by atoms with van der Waals surface area (Å²) < 4.78 is 7.35. The molecule has 10 aromatic rings. The predicted octanol–water partition coefficient (Wildman–Crippen LogP) is 10.2. The van der Waals surface area contributed by atoms with Gasteiger partial charge in [-0.2, -0.15) is 0 Å². The normalized spacial score (nSPS) is 12.2. The third-order valence-electron chi connectivity index (χ3n) is 8.76. The first-order valence-electron chi connectivity index (χ1n) is 14.4. The van der Waals surface area contributed by atoms with Crippen LogP contribution in [0.25, 0.3) is 86.3 Å². The van der Waals surface area contributed by atoms with E-state index in [1.807, 2.05) is 41.8 Å². The molecule has 0 amide bonds. The molecule has 200 valence electrons. The van der Waals surface area contributed by atoms with Crippen molar-refractivity contribution < 1.29 is 0 Å². The standard InChI is InChI=1S/C38H22N4S/c1-6-16-31-23(10-1)27-21-35-28(20-34(27)41(31)33-18-9-13-26-25-12-3-8-19-36(25)43-38(26)33)24-11-2-7-17-32(24)42(35)37-22-39-29-14-4-5-15-30(29)40-37/h1-22H. The number of aromatic nitrogens is 4. The summed E-state index contributed by atoms with van der Waals surface area (Å²) in [6.07, 6.45) is 1.89. The highest BCUT2D eigenvalue weighted by molar-refractivity contribution is 7.26. The van der Waals surface area contributed by atoms with Crippen LogP contribution < -0.4 is 0 Å². The number of rotatable bonds is 2. The van der Waals surface area contributed by atoms with E-state index in [1.165, 1.54) is 58.4 Å². The molecule has 0 fully saturated rings. The van der Waals surface area contributed by atoms with Crippen LogP contribution in [0.5, 0.6) is 0 Å². The van der Waals surface area contributed by atoms with Gasteiger partial charge in [-0.3, -0.25) is 9.55 Å². The number of hydrogen-bond acceptors (Lipinski definition) is 3. The maximum absolute atomic E-state index is 5.06. The molecule has 4 aromatic heterocycles. The number of para-hydroxylation sites is 4. The van der Waals surface area contributed by atoms with Gasteiger partial charge in [0, 0.05) is 37.0 Å². The molecule has 5 heteroatoms. The lowest BCUT2D eigenvalue weighted by molar-refractivity contribution is 1.08. The Morgan fingerprint density at radius 3 is 1.86 bits per heavy atom. The van der Waals surface area contributed by atoms with E-state index in [-0.39, 0.29) is 0 Å². The van der Waals surface area contributed by atoms with E-state index in [2.05, 4.69) is 112 Å². The molecule has 0 saturated carbocycles. The van der Waals surface area contributed by atoms with Gasteiger partial charge >= 0.3 is 0 Å². The molecule has 0 spiro atoms. The summed E-state index contributed by atoms with van der Waals surface area (Å²) >= 11 is 1.87. The zero-order valence-corrected chi connectivity index (χ0v) is 23.7. The molecule has 0 aliphatic rings. The van der Waals surface area contributed by atoms with E-state index in [4.69, 9.17) is 9.97 Å². The minimum absolute atomic E-state index is 0.822. The Bertz CT molecular complexity index is 2740. The Hall–Kier alpha value is -5.52. The first kappa shape index (κ1) is 23.1. The van der Waals surface area contributed by atoms with E-state index in [9.17, 15) is 0 Å². The molecule has 43 heavy (non-hydrogen) atoms. The van der Waals surface area contributed by atoms with Gasteiger partial charge in [-0.15, -0.1) is 11.3 Å². The smallest absolute Gasteiger partial charge is 0.156 e. The van der Waals surface area contributed by atoms with Gasteiger partial charge in [0.2, 0.25) is 0 Å². The average molecular weight is 567 g/mol. The largest absolute Gasteiger partial charge is 0.308 e. The van der Waals surface area contributed by atoms with Gasteiger partial charge in [0.25, 0.3) is 0 Å². The number of fused-ring (bicyclic) bond motifs is 10. The van der Waals surface area contributed by atoms with Crippen molar-refractivity contribution in [3.05, 3.63) is 134 Å². The highest BCUT2D eigenvalue weighted by atomic mass is 32.1. The molecule has 0 bridgehead atoms. The molecule has 4 heterocycles. The summed E-state index contributed by atoms with van der Waals surface area (Å²) in [6.45, 7) is 0. The van der Waals surface area contributed by atoms with Crippen LogP contribution in [0, 0.1) is 0 Å². The monoisotopic (exact) mass is 566 g/mol. The van der Waals surface area contributed by atoms with Gasteiger partial charge in [0.15, 0.2) is 5.82 Å². The number of thiophene rings is 1. The number of benzene rings is 6. The molecule has 0 N–H and O–H groups in total. The van der Waals surface area contributed by atoms with Crippen molar-refractivity contribution in [1.29, 1.82) is 0 Å². The lowest BCUT2D eigenvalue weighted by Gasteiger charge is -2.10. The summed E-state index contributed by atoms with van der Waals surface area (Å²) in [5.74, 6) is 0.822. The van der Waals surface area contributed by atoms with Crippen LogP contribution in [0.15, 0.2) is 134 Å². The van der Waals surface area contributed by atoms with Crippen molar-refractivity contribution in [3.8, 4) is 11.5 Å². The lowest BCUT2D eigenvalue weighted by atomic mass is 10.1. The van der Waals surface area contributed by atoms with Crippen molar-refractivity contribution >= 4 is 86.2 Å². The molecule has 0 atom stereocenters. The van der Waals surface area contributed by atoms with Crippen molar-refractivity contribution in [3.63, 3.8) is 0 Å². The van der Waals surface area contributed by atoms with Crippen LogP contribution in [-0.4, -0.2) is 19.1 Å². The fourth-order valence-electron chi connectivity index (χ4n) is 6.90. The summed E-state index contributed by atoms with van der Waals surface area (Å²) in [5.41, 5.74) is 7.65. The third-order valence-corrected chi connectivity index (χ3v) is 9.96. The first-order valence-corrected chi connectivity index (χ1v) is 15.2. The highest BCUT2D eigenvalue weighted by Gasteiger charge is 2.20. The predicted molar refractivity (Wildman–Crippen MR) is 181 cm³/mol. The zero-order chi connectivity index (χ0) is 28.1. The van der Waals surface area contributed by atoms with Crippen LogP contribution >= 0.6 is 11.3 Å². The van der Waals surface area contributed by atoms with Crippen LogP contribution in [-0.2, 0) is 0 Å². The average Bonchev–Trinajstić information content (AvgIpc) is 3.71. The van der Waals surface area contributed by atoms with Crippen molar-refractivity contribution in [2.45, 2.75) is 0 Å². The fourth-order valence-corrected chi connectivity index (χ4v) is 8.11. The lowest BCUT2D eigenvalue weighted by Crippen LogP contribution is -1.99. The number of hydrogen-bond donors (Lipinski definition) is 0. The molecular weight excluding hydrogens is 545 g/mol. The van der Waals surface area contributed by atoms with Gasteiger partial charge in [0.05, 0.1) is 49.7 Å². The van der Waals surface area contributed by atoms with Crippen molar-refractivity contribution in [2.75, 3.05) is 0 Å². The van der Waals surface area contributed by atoms with E-state index < -0.39 is 0 Å². The van der Waals surface area contributed by atoms with Gasteiger partial charge in [-0.05, 0) is 48.5 Å². The molecule has 0 unspecified atom stereocenters. The second-order valence-corrected chi connectivity index (χ2v) is 12.1. The zero-order valence-electron chi connectivity index (χ0n) is 22.9. The SMILES string of the molecule is c1ccc2nc(-n3c4ccccc4c4cc5c(cc43)c3ccccc3n5-c3cccc4c3sc3ccccc34)cnc2c1. The molecule has 0 saturated heterocycles. The van der Waals surface area contributed by atoms with E-state index >= 15 is 0 Å². The minimum atomic E-state index is 0.822. The fraction of sp³-hybridized carbons (Fsp3) is 0. The highest BCUT2D eigenvalue weighted by Crippen LogP contribution is 2.43. The van der Waals surface area contributed by atoms with Crippen LogP contribution in [0.1, 0.15) is 0 Å². The van der Waals surface area contributed by atoms with Gasteiger partial charge in [-0.1, -0.05) is 78.9 Å². The quantitative estimate of drug-likeness (QED) is 0.209. The molecule has 0 aliphatic heterocycles. The van der Waals surface area contributed by atoms with Gasteiger partial charge in [0.1, 0.15) is 0 Å². The molecule has 4 nitrogen and oxygen atoms in total. The minimum Gasteiger partial charge on any atom is -0.308 e. The molecule has 0 radical (unpaired) electrons. The van der Waals surface area contributed by atoms with E-state index in [0.29, 0.717) is 0 Å². The summed E-state index contributed by atoms with van der Waals surface area (Å²) in [7, 11) is 0. The Kier molecular flexibility index (Phi) is 4.57. The molecule has 0 aliphatic carbocycles. The topological polar surface area (TPSA) is 35.6 Å². The maximum Gasteiger partial charge on any atom is 0.156 e. The van der Waals surface area contributed by atoms with E-state index in [1.54, 1.807) is 0 Å². The summed E-state index contributed by atoms with van der Waals surface area (Å²) in [5, 5.41) is 7.47. The molecule has 6 aromatic carbocycles. The van der Waals surface area contributed by atoms with Gasteiger partial charge < -0.3 is 4.57 Å². The second-order valence-electron chi connectivity index (χ2n) is 11.1. The van der Waals surface area contributed by atoms with Crippen molar-refractivity contribution in [1.82, 2.24) is 19.1 Å². The Labute approximate surface area is 249 Å². The van der Waals surface area contributed by atoms with Crippen LogP contribution in [0.3, 0.4) is 0 Å². The number of nitrogens with zero attached hydrogens (tertiary/aromatic N) is 4. The Morgan fingerprint density at radius 2 is 1.07 bits per heavy atom. The van der Waals surface area contributed by atoms with Crippen LogP contribution in [0.2, 0.25) is 0 Å². The maximum atomic E-state index is 5.06.